The normalized spacial score (nSPS) is 11.4. The van der Waals surface area contributed by atoms with Crippen molar-refractivity contribution < 1.29 is 14.6 Å². The Labute approximate surface area is 177 Å². The fourth-order valence-electron chi connectivity index (χ4n) is 3.54. The molecule has 0 rings (SSSR count). The van der Waals surface area contributed by atoms with Crippen molar-refractivity contribution in [3.63, 3.8) is 0 Å². The first kappa shape index (κ1) is 27.9. The number of rotatable bonds is 25. The van der Waals surface area contributed by atoms with Crippen molar-refractivity contribution >= 4 is 0 Å². The van der Waals surface area contributed by atoms with E-state index in [1.165, 1.54) is 103 Å². The number of ether oxygens (including phenoxy) is 2. The van der Waals surface area contributed by atoms with E-state index in [0.717, 1.165) is 45.7 Å². The standard InChI is InChI=1S/C25H52O3/c1-2-3-4-5-6-7-8-9-10-11-12-13-14-15-16-18-22-27-24-20-25-28-23-19-17-21-26/h26H,2-25H2,1H3. The molecule has 0 unspecified atom stereocenters. The molecule has 0 aliphatic rings. The van der Waals surface area contributed by atoms with Gasteiger partial charge >= 0.3 is 0 Å². The van der Waals surface area contributed by atoms with Crippen LogP contribution in [-0.4, -0.2) is 38.1 Å². The first-order chi connectivity index (χ1) is 13.9. The van der Waals surface area contributed by atoms with Crippen LogP contribution in [0.2, 0.25) is 0 Å². The molecule has 0 heterocycles. The molecular formula is C25H52O3. The molecule has 0 bridgehead atoms. The second-order valence-electron chi connectivity index (χ2n) is 8.31. The first-order valence-electron chi connectivity index (χ1n) is 12.7. The summed E-state index contributed by atoms with van der Waals surface area (Å²) in [4.78, 5) is 0. The maximum Gasteiger partial charge on any atom is 0.0487 e. The lowest BCUT2D eigenvalue weighted by Crippen LogP contribution is -2.03. The predicted octanol–water partition coefficient (Wildman–Crippen LogP) is 7.44. The highest BCUT2D eigenvalue weighted by atomic mass is 16.5. The van der Waals surface area contributed by atoms with Crippen LogP contribution in [0.4, 0.5) is 0 Å². The molecule has 0 aliphatic carbocycles. The summed E-state index contributed by atoms with van der Waals surface area (Å²) in [5.74, 6) is 0. The molecule has 0 aliphatic heterocycles. The van der Waals surface area contributed by atoms with Crippen LogP contribution in [0.25, 0.3) is 0 Å². The summed E-state index contributed by atoms with van der Waals surface area (Å²) >= 11 is 0. The van der Waals surface area contributed by atoms with Gasteiger partial charge in [0.1, 0.15) is 0 Å². The van der Waals surface area contributed by atoms with Crippen molar-refractivity contribution in [2.75, 3.05) is 33.0 Å². The molecule has 3 heteroatoms. The Morgan fingerprint density at radius 1 is 0.393 bits per heavy atom. The van der Waals surface area contributed by atoms with Crippen molar-refractivity contribution in [3.05, 3.63) is 0 Å². The second kappa shape index (κ2) is 26.9. The van der Waals surface area contributed by atoms with Gasteiger partial charge in [-0.15, -0.1) is 0 Å². The summed E-state index contributed by atoms with van der Waals surface area (Å²) in [6.45, 7) is 5.83. The monoisotopic (exact) mass is 400 g/mol. The molecule has 3 nitrogen and oxygen atoms in total. The van der Waals surface area contributed by atoms with E-state index in [0.29, 0.717) is 0 Å². The van der Waals surface area contributed by atoms with Gasteiger partial charge < -0.3 is 14.6 Å². The summed E-state index contributed by atoms with van der Waals surface area (Å²) in [6.07, 6.45) is 25.4. The number of aliphatic hydroxyl groups excluding tert-OH is 1. The van der Waals surface area contributed by atoms with Gasteiger partial charge in [0.2, 0.25) is 0 Å². The van der Waals surface area contributed by atoms with Crippen molar-refractivity contribution in [3.8, 4) is 0 Å². The lowest BCUT2D eigenvalue weighted by molar-refractivity contribution is 0.0781. The molecule has 0 fully saturated rings. The Morgan fingerprint density at radius 2 is 0.714 bits per heavy atom. The minimum Gasteiger partial charge on any atom is -0.396 e. The van der Waals surface area contributed by atoms with Crippen molar-refractivity contribution in [2.45, 2.75) is 129 Å². The third kappa shape index (κ3) is 25.9. The molecule has 0 amide bonds. The van der Waals surface area contributed by atoms with Crippen LogP contribution in [0.3, 0.4) is 0 Å². The maximum absolute atomic E-state index is 8.67. The van der Waals surface area contributed by atoms with E-state index >= 15 is 0 Å². The van der Waals surface area contributed by atoms with E-state index in [-0.39, 0.29) is 6.61 Å². The van der Waals surface area contributed by atoms with Gasteiger partial charge in [-0.05, 0) is 25.7 Å². The van der Waals surface area contributed by atoms with Crippen LogP contribution in [0.1, 0.15) is 129 Å². The Balaban J connectivity index is 2.96. The highest BCUT2D eigenvalue weighted by Gasteiger charge is 1.95. The molecule has 170 valence electrons. The Bertz CT molecular complexity index is 232. The third-order valence-electron chi connectivity index (χ3n) is 5.42. The topological polar surface area (TPSA) is 38.7 Å². The third-order valence-corrected chi connectivity index (χ3v) is 5.42. The zero-order valence-electron chi connectivity index (χ0n) is 19.2. The van der Waals surface area contributed by atoms with Crippen molar-refractivity contribution in [2.24, 2.45) is 0 Å². The number of hydrogen-bond acceptors (Lipinski definition) is 3. The zero-order chi connectivity index (χ0) is 20.4. The molecule has 0 spiro atoms. The molecule has 0 aromatic rings. The van der Waals surface area contributed by atoms with Crippen LogP contribution in [-0.2, 0) is 9.47 Å². The highest BCUT2D eigenvalue weighted by Crippen LogP contribution is 2.13. The summed E-state index contributed by atoms with van der Waals surface area (Å²) < 4.78 is 11.1. The Morgan fingerprint density at radius 3 is 1.11 bits per heavy atom. The summed E-state index contributed by atoms with van der Waals surface area (Å²) in [5, 5.41) is 8.67. The largest absolute Gasteiger partial charge is 0.396 e. The SMILES string of the molecule is CCCCCCCCCCCCCCCCCCOCCCOCCCCO. The van der Waals surface area contributed by atoms with Crippen molar-refractivity contribution in [1.29, 1.82) is 0 Å². The molecule has 0 aromatic carbocycles. The number of aliphatic hydroxyl groups is 1. The lowest BCUT2D eigenvalue weighted by atomic mass is 10.0. The van der Waals surface area contributed by atoms with Gasteiger partial charge in [-0.25, -0.2) is 0 Å². The highest BCUT2D eigenvalue weighted by molar-refractivity contribution is 4.50. The lowest BCUT2D eigenvalue weighted by Gasteiger charge is -2.06. The van der Waals surface area contributed by atoms with Gasteiger partial charge in [-0.3, -0.25) is 0 Å². The first-order valence-corrected chi connectivity index (χ1v) is 12.7. The van der Waals surface area contributed by atoms with E-state index < -0.39 is 0 Å². The minimum atomic E-state index is 0.270. The van der Waals surface area contributed by atoms with E-state index in [1.54, 1.807) is 0 Å². The molecule has 0 aromatic heterocycles. The molecule has 0 saturated heterocycles. The van der Waals surface area contributed by atoms with Crippen LogP contribution in [0.15, 0.2) is 0 Å². The van der Waals surface area contributed by atoms with E-state index in [1.807, 2.05) is 0 Å². The second-order valence-corrected chi connectivity index (χ2v) is 8.31. The van der Waals surface area contributed by atoms with Gasteiger partial charge in [-0.1, -0.05) is 103 Å². The van der Waals surface area contributed by atoms with Gasteiger partial charge in [-0.2, -0.15) is 0 Å². The average molecular weight is 401 g/mol. The predicted molar refractivity (Wildman–Crippen MR) is 122 cm³/mol. The van der Waals surface area contributed by atoms with Crippen LogP contribution in [0.5, 0.6) is 0 Å². The fraction of sp³-hybridized carbons (Fsp3) is 1.00. The molecule has 0 radical (unpaired) electrons. The summed E-state index contributed by atoms with van der Waals surface area (Å²) in [7, 11) is 0. The summed E-state index contributed by atoms with van der Waals surface area (Å²) in [6, 6.07) is 0. The fourth-order valence-corrected chi connectivity index (χ4v) is 3.54. The van der Waals surface area contributed by atoms with Crippen LogP contribution in [0, 0.1) is 0 Å². The van der Waals surface area contributed by atoms with E-state index in [9.17, 15) is 0 Å². The maximum atomic E-state index is 8.67. The van der Waals surface area contributed by atoms with Crippen molar-refractivity contribution in [1.82, 2.24) is 0 Å². The van der Waals surface area contributed by atoms with Gasteiger partial charge in [0.05, 0.1) is 0 Å². The quantitative estimate of drug-likeness (QED) is 0.162. The molecule has 1 N–H and O–H groups in total. The van der Waals surface area contributed by atoms with Crippen LogP contribution < -0.4 is 0 Å². The molecule has 0 saturated carbocycles. The smallest absolute Gasteiger partial charge is 0.0487 e. The molecule has 28 heavy (non-hydrogen) atoms. The van der Waals surface area contributed by atoms with Gasteiger partial charge in [0.15, 0.2) is 0 Å². The van der Waals surface area contributed by atoms with E-state index in [2.05, 4.69) is 6.92 Å². The van der Waals surface area contributed by atoms with Gasteiger partial charge in [0, 0.05) is 33.0 Å². The Kier molecular flexibility index (Phi) is 26.8. The summed E-state index contributed by atoms with van der Waals surface area (Å²) in [5.41, 5.74) is 0. The number of hydrogen-bond donors (Lipinski definition) is 1. The zero-order valence-corrected chi connectivity index (χ0v) is 19.2. The van der Waals surface area contributed by atoms with E-state index in [4.69, 9.17) is 14.6 Å². The van der Waals surface area contributed by atoms with Crippen LogP contribution >= 0.6 is 0 Å². The molecule has 0 atom stereocenters. The van der Waals surface area contributed by atoms with Gasteiger partial charge in [0.25, 0.3) is 0 Å². The number of unbranched alkanes of at least 4 members (excludes halogenated alkanes) is 16. The average Bonchev–Trinajstić information content (AvgIpc) is 2.71. The Hall–Kier alpha value is -0.120. The minimum absolute atomic E-state index is 0.270. The molecular weight excluding hydrogens is 348 g/mol.